The van der Waals surface area contributed by atoms with Crippen molar-refractivity contribution in [1.82, 2.24) is 0 Å². The van der Waals surface area contributed by atoms with E-state index in [1.807, 2.05) is 0 Å². The molecule has 1 aromatic heterocycles. The normalized spacial score (nSPS) is 6.50. The van der Waals surface area contributed by atoms with E-state index in [2.05, 4.69) is 4.42 Å². The van der Waals surface area contributed by atoms with Gasteiger partial charge in [-0.15, -0.1) is 6.07 Å². The summed E-state index contributed by atoms with van der Waals surface area (Å²) in [6.07, 6.45) is 1.19. The van der Waals surface area contributed by atoms with Gasteiger partial charge >= 0.3 is 0 Å². The Balaban J connectivity index is -0.000000163. The van der Waals surface area contributed by atoms with Gasteiger partial charge in [-0.25, -0.2) is 0 Å². The fraction of sp³-hybridized carbons (Fsp3) is 0.200. The summed E-state index contributed by atoms with van der Waals surface area (Å²) in [4.78, 5) is 10.2. The van der Waals surface area contributed by atoms with Crippen LogP contribution < -0.4 is 5.43 Å². The maximum Gasteiger partial charge on any atom is 0.0972 e. The molecule has 0 N–H and O–H groups in total. The number of rotatable bonds is 0. The van der Waals surface area contributed by atoms with Crippen molar-refractivity contribution in [3.8, 4) is 0 Å². The minimum absolute atomic E-state index is 0. The van der Waals surface area contributed by atoms with E-state index in [1.54, 1.807) is 6.92 Å². The molecule has 0 unspecified atom stereocenters. The van der Waals surface area contributed by atoms with Crippen molar-refractivity contribution in [2.45, 2.75) is 6.92 Å². The smallest absolute Gasteiger partial charge is 0.0972 e. The summed E-state index contributed by atoms with van der Waals surface area (Å²) in [6, 6.07) is 1.44. The first-order valence-electron chi connectivity index (χ1n) is 2.01. The van der Waals surface area contributed by atoms with Crippen molar-refractivity contribution in [2.24, 2.45) is 0 Å². The quantitative estimate of drug-likeness (QED) is 0.634. The average molecular weight is 364 g/mol. The van der Waals surface area contributed by atoms with Crippen LogP contribution in [0.2, 0.25) is 0 Å². The van der Waals surface area contributed by atoms with E-state index in [0.29, 0.717) is 5.76 Å². The maximum absolute atomic E-state index is 10.2. The van der Waals surface area contributed by atoms with Crippen LogP contribution in [-0.4, -0.2) is 0 Å². The van der Waals surface area contributed by atoms with Crippen LogP contribution in [-0.2, 0) is 98.1 Å². The van der Waals surface area contributed by atoms with Gasteiger partial charge in [-0.3, -0.25) is 0 Å². The summed E-state index contributed by atoms with van der Waals surface area (Å²) in [6.45, 7) is 1.74. The molecule has 3 radical (unpaired) electrons. The van der Waals surface area contributed by atoms with Gasteiger partial charge in [-0.1, -0.05) is 12.7 Å². The van der Waals surface area contributed by atoms with Crippen molar-refractivity contribution in [3.63, 3.8) is 0 Å². The van der Waals surface area contributed by atoms with Gasteiger partial charge < -0.3 is 9.21 Å². The molecule has 1 rings (SSSR count). The molecule has 10 heavy (non-hydrogen) atoms. The van der Waals surface area contributed by atoms with Crippen LogP contribution in [0.15, 0.2) is 21.5 Å². The molecular formula is C5H5O2Y3-. The Morgan fingerprint density at radius 3 is 2.00 bits per heavy atom. The second-order valence-electron chi connectivity index (χ2n) is 1.39. The molecule has 1 heterocycles. The molecule has 0 bridgehead atoms. The van der Waals surface area contributed by atoms with E-state index in [0.717, 1.165) is 0 Å². The second-order valence-corrected chi connectivity index (χ2v) is 1.39. The molecule has 0 saturated carbocycles. The predicted molar refractivity (Wildman–Crippen MR) is 25.3 cm³/mol. The van der Waals surface area contributed by atoms with Crippen LogP contribution in [0.3, 0.4) is 0 Å². The fourth-order valence-corrected chi connectivity index (χ4v) is 0.419. The molecule has 0 aliphatic heterocycles. The van der Waals surface area contributed by atoms with Crippen LogP contribution >= 0.6 is 0 Å². The molecule has 0 saturated heterocycles. The first-order chi connectivity index (χ1) is 3.29. The second kappa shape index (κ2) is 9.48. The van der Waals surface area contributed by atoms with E-state index in [9.17, 15) is 4.79 Å². The Bertz CT molecular complexity index is 203. The number of furan rings is 1. The van der Waals surface area contributed by atoms with Gasteiger partial charge in [0, 0.05) is 104 Å². The first-order valence-corrected chi connectivity index (χ1v) is 2.01. The number of hydrogen-bond donors (Lipinski definition) is 0. The van der Waals surface area contributed by atoms with Gasteiger partial charge in [0.1, 0.15) is 0 Å². The average Bonchev–Trinajstić information content (AvgIpc) is 1.87. The summed E-state index contributed by atoms with van der Waals surface area (Å²) in [5.41, 5.74) is -0.0579. The standard InChI is InChI=1S/C5H5O2.3Y/c1-4-2-5(6)3-7-4;;;/h2-3H,1H3;;;/q-1;;;. The summed E-state index contributed by atoms with van der Waals surface area (Å²) in [5.74, 6) is 0.671. The fourth-order valence-electron chi connectivity index (χ4n) is 0.419. The minimum atomic E-state index is -0.0579. The molecule has 5 heteroatoms. The van der Waals surface area contributed by atoms with E-state index in [4.69, 9.17) is 0 Å². The summed E-state index contributed by atoms with van der Waals surface area (Å²) in [7, 11) is 0. The monoisotopic (exact) mass is 364 g/mol. The maximum atomic E-state index is 10.2. The van der Waals surface area contributed by atoms with E-state index < -0.39 is 0 Å². The van der Waals surface area contributed by atoms with Crippen molar-refractivity contribution >= 4 is 0 Å². The molecule has 0 aromatic carbocycles. The molecule has 47 valence electrons. The molecular weight excluding hydrogens is 359 g/mol. The molecule has 0 fully saturated rings. The summed E-state index contributed by atoms with van der Waals surface area (Å²) < 4.78 is 4.65. The van der Waals surface area contributed by atoms with Crippen molar-refractivity contribution in [1.29, 1.82) is 0 Å². The van der Waals surface area contributed by atoms with Gasteiger partial charge in [0.15, 0.2) is 0 Å². The van der Waals surface area contributed by atoms with Crippen LogP contribution in [0, 0.1) is 6.92 Å². The Hall–Kier alpha value is 2.39. The number of hydrogen-bond acceptors (Lipinski definition) is 2. The molecule has 2 nitrogen and oxygen atoms in total. The first kappa shape index (κ1) is 18.2. The largest absolute Gasteiger partial charge is 0.590 e. The number of aryl methyl sites for hydroxylation is 1. The van der Waals surface area contributed by atoms with E-state index in [-0.39, 0.29) is 104 Å². The predicted octanol–water partition coefficient (Wildman–Crippen LogP) is 0.660. The SMILES string of the molecule is Cc1cc(=O)[cH-]o1.[Y].[Y].[Y]. The Labute approximate surface area is 135 Å². The van der Waals surface area contributed by atoms with E-state index >= 15 is 0 Å². The summed E-state index contributed by atoms with van der Waals surface area (Å²) >= 11 is 0. The van der Waals surface area contributed by atoms with Crippen LogP contribution in [0.5, 0.6) is 0 Å². The summed E-state index contributed by atoms with van der Waals surface area (Å²) in [5, 5.41) is 0. The van der Waals surface area contributed by atoms with Crippen molar-refractivity contribution < 1.29 is 103 Å². The zero-order valence-corrected chi connectivity index (χ0v) is 14.2. The van der Waals surface area contributed by atoms with E-state index in [1.165, 1.54) is 12.3 Å². The zero-order chi connectivity index (χ0) is 5.28. The van der Waals surface area contributed by atoms with Gasteiger partial charge in [-0.05, 0) is 0 Å². The zero-order valence-electron chi connectivity index (χ0n) is 5.70. The van der Waals surface area contributed by atoms with Gasteiger partial charge in [0.2, 0.25) is 0 Å². The molecule has 1 aromatic rings. The van der Waals surface area contributed by atoms with Crippen molar-refractivity contribution in [2.75, 3.05) is 0 Å². The molecule has 0 atom stereocenters. The third kappa shape index (κ3) is 7.06. The third-order valence-corrected chi connectivity index (χ3v) is 0.706. The van der Waals surface area contributed by atoms with Gasteiger partial charge in [-0.2, -0.15) is 0 Å². The van der Waals surface area contributed by atoms with Gasteiger partial charge in [0.05, 0.1) is 5.43 Å². The molecule has 0 aliphatic rings. The minimum Gasteiger partial charge on any atom is -0.590 e. The molecule has 0 spiro atoms. The van der Waals surface area contributed by atoms with Crippen LogP contribution in [0.1, 0.15) is 5.76 Å². The van der Waals surface area contributed by atoms with Crippen LogP contribution in [0.4, 0.5) is 0 Å². The Kier molecular flexibility index (Phi) is 17.3. The molecule has 0 amide bonds. The van der Waals surface area contributed by atoms with Gasteiger partial charge in [0.25, 0.3) is 0 Å². The molecule has 0 aliphatic carbocycles. The Morgan fingerprint density at radius 2 is 1.90 bits per heavy atom. The third-order valence-electron chi connectivity index (χ3n) is 0.706. The van der Waals surface area contributed by atoms with Crippen molar-refractivity contribution in [3.05, 3.63) is 28.3 Å². The Morgan fingerprint density at radius 1 is 1.40 bits per heavy atom. The van der Waals surface area contributed by atoms with Crippen LogP contribution in [0.25, 0.3) is 0 Å². The topological polar surface area (TPSA) is 30.2 Å².